The minimum atomic E-state index is 0.0749. The maximum Gasteiger partial charge on any atom is 0.270 e. The molecule has 2 heterocycles. The van der Waals surface area contributed by atoms with Crippen LogP contribution in [0.25, 0.3) is 0 Å². The Hall–Kier alpha value is -1.33. The van der Waals surface area contributed by atoms with Crippen LogP contribution in [0.15, 0.2) is 18.3 Å². The van der Waals surface area contributed by atoms with Crippen LogP contribution < -0.4 is 5.32 Å². The van der Waals surface area contributed by atoms with E-state index in [1.54, 1.807) is 4.90 Å². The van der Waals surface area contributed by atoms with Crippen molar-refractivity contribution in [3.63, 3.8) is 0 Å². The van der Waals surface area contributed by atoms with Gasteiger partial charge in [0.15, 0.2) is 0 Å². The first-order valence-corrected chi connectivity index (χ1v) is 7.84. The molecule has 1 aliphatic heterocycles. The molecule has 0 spiro atoms. The van der Waals surface area contributed by atoms with E-state index in [-0.39, 0.29) is 12.0 Å². The fourth-order valence-electron chi connectivity index (χ4n) is 2.70. The molecule has 2 rings (SSSR count). The number of aromatic nitrogens is 1. The van der Waals surface area contributed by atoms with Gasteiger partial charge >= 0.3 is 0 Å². The molecule has 0 unspecified atom stereocenters. The standard InChI is InChI=1S/C16H27N3O2/c1-13(2)21-12-11-18(3)16(20)15-5-4-10-19(15)14-6-8-17-9-7-14/h4-5,10,13-14,17H,6-9,11-12H2,1-3H3. The minimum Gasteiger partial charge on any atom is -0.377 e. The van der Waals surface area contributed by atoms with Gasteiger partial charge in [-0.25, -0.2) is 0 Å². The lowest BCUT2D eigenvalue weighted by atomic mass is 10.1. The van der Waals surface area contributed by atoms with E-state index in [0.29, 0.717) is 19.2 Å². The van der Waals surface area contributed by atoms with Crippen LogP contribution in [0.1, 0.15) is 43.2 Å². The lowest BCUT2D eigenvalue weighted by Gasteiger charge is -2.27. The summed E-state index contributed by atoms with van der Waals surface area (Å²) in [6.07, 6.45) is 4.39. The molecule has 5 nitrogen and oxygen atoms in total. The zero-order chi connectivity index (χ0) is 15.2. The van der Waals surface area contributed by atoms with Gasteiger partial charge in [-0.1, -0.05) is 0 Å². The Morgan fingerprint density at radius 1 is 1.48 bits per heavy atom. The second kappa shape index (κ2) is 7.61. The molecular weight excluding hydrogens is 266 g/mol. The first-order chi connectivity index (χ1) is 10.1. The summed E-state index contributed by atoms with van der Waals surface area (Å²) >= 11 is 0. The largest absolute Gasteiger partial charge is 0.377 e. The lowest BCUT2D eigenvalue weighted by molar-refractivity contribution is 0.0524. The number of ether oxygens (including phenoxy) is 1. The molecular formula is C16H27N3O2. The number of carbonyl (C=O) groups excluding carboxylic acids is 1. The zero-order valence-corrected chi connectivity index (χ0v) is 13.3. The van der Waals surface area contributed by atoms with Crippen LogP contribution in [-0.4, -0.2) is 54.8 Å². The van der Waals surface area contributed by atoms with Crippen molar-refractivity contribution in [1.82, 2.24) is 14.8 Å². The van der Waals surface area contributed by atoms with Crippen molar-refractivity contribution in [3.05, 3.63) is 24.0 Å². The molecule has 118 valence electrons. The van der Waals surface area contributed by atoms with E-state index in [4.69, 9.17) is 4.74 Å². The Balaban J connectivity index is 1.97. The molecule has 1 aromatic heterocycles. The Bertz CT molecular complexity index is 450. The predicted molar refractivity (Wildman–Crippen MR) is 83.6 cm³/mol. The van der Waals surface area contributed by atoms with E-state index >= 15 is 0 Å². The molecule has 0 aromatic carbocycles. The smallest absolute Gasteiger partial charge is 0.270 e. The monoisotopic (exact) mass is 293 g/mol. The molecule has 1 amide bonds. The highest BCUT2D eigenvalue weighted by molar-refractivity contribution is 5.92. The molecule has 1 saturated heterocycles. The first kappa shape index (κ1) is 16.0. The van der Waals surface area contributed by atoms with Gasteiger partial charge in [-0.2, -0.15) is 0 Å². The van der Waals surface area contributed by atoms with E-state index in [9.17, 15) is 4.79 Å². The van der Waals surface area contributed by atoms with Crippen LogP contribution in [0.3, 0.4) is 0 Å². The number of piperidine rings is 1. The van der Waals surface area contributed by atoms with Crippen molar-refractivity contribution in [3.8, 4) is 0 Å². The third-order valence-corrected chi connectivity index (χ3v) is 3.92. The number of carbonyl (C=O) groups is 1. The molecule has 1 fully saturated rings. The van der Waals surface area contributed by atoms with Gasteiger partial charge in [0.25, 0.3) is 5.91 Å². The summed E-state index contributed by atoms with van der Waals surface area (Å²) in [5.74, 6) is 0.0749. The summed E-state index contributed by atoms with van der Waals surface area (Å²) in [6.45, 7) is 7.25. The topological polar surface area (TPSA) is 46.5 Å². The molecule has 0 aliphatic carbocycles. The summed E-state index contributed by atoms with van der Waals surface area (Å²) in [4.78, 5) is 14.3. The van der Waals surface area contributed by atoms with Crippen LogP contribution >= 0.6 is 0 Å². The van der Waals surface area contributed by atoms with Crippen molar-refractivity contribution >= 4 is 5.91 Å². The third-order valence-electron chi connectivity index (χ3n) is 3.92. The third kappa shape index (κ3) is 4.32. The number of nitrogens with one attached hydrogen (secondary N) is 1. The summed E-state index contributed by atoms with van der Waals surface area (Å²) in [5.41, 5.74) is 0.786. The molecule has 21 heavy (non-hydrogen) atoms. The van der Waals surface area contributed by atoms with Gasteiger partial charge in [0.05, 0.1) is 12.7 Å². The number of amides is 1. The molecule has 0 bridgehead atoms. The number of hydrogen-bond acceptors (Lipinski definition) is 3. The second-order valence-corrected chi connectivity index (χ2v) is 5.93. The van der Waals surface area contributed by atoms with Crippen LogP contribution in [0.2, 0.25) is 0 Å². The summed E-state index contributed by atoms with van der Waals surface area (Å²) in [6, 6.07) is 4.32. The summed E-state index contributed by atoms with van der Waals surface area (Å²) in [7, 11) is 1.84. The molecule has 0 radical (unpaired) electrons. The zero-order valence-electron chi connectivity index (χ0n) is 13.3. The van der Waals surface area contributed by atoms with E-state index in [2.05, 4.69) is 9.88 Å². The Morgan fingerprint density at radius 2 is 2.19 bits per heavy atom. The molecule has 1 aliphatic rings. The highest BCUT2D eigenvalue weighted by Crippen LogP contribution is 2.21. The van der Waals surface area contributed by atoms with Crippen molar-refractivity contribution in [2.24, 2.45) is 0 Å². The SMILES string of the molecule is CC(C)OCCN(C)C(=O)c1cccn1C1CCNCC1. The maximum absolute atomic E-state index is 12.6. The van der Waals surface area contributed by atoms with Crippen LogP contribution in [0, 0.1) is 0 Å². The van der Waals surface area contributed by atoms with Crippen LogP contribution in [0.4, 0.5) is 0 Å². The second-order valence-electron chi connectivity index (χ2n) is 5.93. The van der Waals surface area contributed by atoms with E-state index in [1.165, 1.54) is 0 Å². The number of likely N-dealkylation sites (N-methyl/N-ethyl adjacent to an activating group) is 1. The van der Waals surface area contributed by atoms with Gasteiger partial charge in [0.1, 0.15) is 5.69 Å². The molecule has 0 saturated carbocycles. The highest BCUT2D eigenvalue weighted by Gasteiger charge is 2.21. The molecule has 1 aromatic rings. The summed E-state index contributed by atoms with van der Waals surface area (Å²) in [5, 5.41) is 3.36. The highest BCUT2D eigenvalue weighted by atomic mass is 16.5. The minimum absolute atomic E-state index is 0.0749. The van der Waals surface area contributed by atoms with Gasteiger partial charge in [-0.05, 0) is 51.9 Å². The fraction of sp³-hybridized carbons (Fsp3) is 0.688. The average Bonchev–Trinajstić information content (AvgIpc) is 2.96. The first-order valence-electron chi connectivity index (χ1n) is 7.84. The lowest BCUT2D eigenvalue weighted by Crippen LogP contribution is -2.34. The number of hydrogen-bond donors (Lipinski definition) is 1. The number of nitrogens with zero attached hydrogens (tertiary/aromatic N) is 2. The van der Waals surface area contributed by atoms with Crippen LogP contribution in [0.5, 0.6) is 0 Å². The van der Waals surface area contributed by atoms with E-state index in [0.717, 1.165) is 31.6 Å². The quantitative estimate of drug-likeness (QED) is 0.871. The number of rotatable bonds is 6. The average molecular weight is 293 g/mol. The predicted octanol–water partition coefficient (Wildman–Crippen LogP) is 1.91. The van der Waals surface area contributed by atoms with E-state index < -0.39 is 0 Å². The van der Waals surface area contributed by atoms with Gasteiger partial charge in [0.2, 0.25) is 0 Å². The summed E-state index contributed by atoms with van der Waals surface area (Å²) < 4.78 is 7.66. The Morgan fingerprint density at radius 3 is 2.86 bits per heavy atom. The maximum atomic E-state index is 12.6. The van der Waals surface area contributed by atoms with Gasteiger partial charge in [0, 0.05) is 25.8 Å². The van der Waals surface area contributed by atoms with Gasteiger partial charge in [-0.15, -0.1) is 0 Å². The van der Waals surface area contributed by atoms with Crippen molar-refractivity contribution in [1.29, 1.82) is 0 Å². The fourth-order valence-corrected chi connectivity index (χ4v) is 2.70. The molecule has 0 atom stereocenters. The van der Waals surface area contributed by atoms with Gasteiger partial charge in [-0.3, -0.25) is 4.79 Å². The Kier molecular flexibility index (Phi) is 5.82. The van der Waals surface area contributed by atoms with Crippen LogP contribution in [-0.2, 0) is 4.74 Å². The van der Waals surface area contributed by atoms with Crippen molar-refractivity contribution in [2.75, 3.05) is 33.3 Å². The normalized spacial score (nSPS) is 16.4. The van der Waals surface area contributed by atoms with E-state index in [1.807, 2.05) is 39.2 Å². The van der Waals surface area contributed by atoms with Crippen molar-refractivity contribution in [2.45, 2.75) is 38.8 Å². The van der Waals surface area contributed by atoms with Crippen molar-refractivity contribution < 1.29 is 9.53 Å². The molecule has 5 heteroatoms. The molecule has 1 N–H and O–H groups in total. The van der Waals surface area contributed by atoms with Gasteiger partial charge < -0.3 is 19.5 Å². The Labute approximate surface area is 127 Å².